The summed E-state index contributed by atoms with van der Waals surface area (Å²) in [5, 5.41) is 2.67. The molecule has 2 aromatic carbocycles. The number of benzene rings is 2. The maximum Gasteiger partial charge on any atom is 0.269 e. The van der Waals surface area contributed by atoms with E-state index in [2.05, 4.69) is 21.2 Å². The topological polar surface area (TPSA) is 104 Å². The number of halogens is 1. The zero-order valence-corrected chi connectivity index (χ0v) is 19.4. The van der Waals surface area contributed by atoms with Gasteiger partial charge < -0.3 is 10.2 Å². The van der Waals surface area contributed by atoms with Crippen molar-refractivity contribution in [2.24, 2.45) is 0 Å². The van der Waals surface area contributed by atoms with Gasteiger partial charge in [-0.3, -0.25) is 14.4 Å². The maximum absolute atomic E-state index is 13.2. The van der Waals surface area contributed by atoms with E-state index in [9.17, 15) is 22.8 Å². The van der Waals surface area contributed by atoms with E-state index in [0.717, 1.165) is 10.0 Å². The molecule has 0 fully saturated rings. The number of carbonyl (C=O) groups excluding carboxylic acids is 3. The Kier molecular flexibility index (Phi) is 6.80. The van der Waals surface area contributed by atoms with Gasteiger partial charge in [-0.05, 0) is 43.7 Å². The predicted molar refractivity (Wildman–Crippen MR) is 118 cm³/mol. The van der Waals surface area contributed by atoms with Crippen LogP contribution in [0.4, 0.5) is 0 Å². The summed E-state index contributed by atoms with van der Waals surface area (Å²) in [6, 6.07) is 12.2. The lowest BCUT2D eigenvalue weighted by Crippen LogP contribution is -2.51. The number of amides is 3. The van der Waals surface area contributed by atoms with Crippen LogP contribution in [0.15, 0.2) is 57.9 Å². The van der Waals surface area contributed by atoms with Crippen molar-refractivity contribution < 1.29 is 22.8 Å². The first-order valence-corrected chi connectivity index (χ1v) is 11.9. The molecule has 31 heavy (non-hydrogen) atoms. The number of sulfonamides is 1. The third-order valence-electron chi connectivity index (χ3n) is 4.95. The van der Waals surface area contributed by atoms with Gasteiger partial charge in [-0.15, -0.1) is 0 Å². The van der Waals surface area contributed by atoms with Crippen LogP contribution in [0, 0.1) is 0 Å². The van der Waals surface area contributed by atoms with Crippen LogP contribution in [0.25, 0.3) is 0 Å². The van der Waals surface area contributed by atoms with Crippen molar-refractivity contribution in [1.82, 2.24) is 14.5 Å². The van der Waals surface area contributed by atoms with Crippen LogP contribution in [0.1, 0.15) is 29.8 Å². The van der Waals surface area contributed by atoms with E-state index >= 15 is 0 Å². The number of rotatable bonds is 7. The van der Waals surface area contributed by atoms with Crippen molar-refractivity contribution in [2.45, 2.75) is 31.3 Å². The molecule has 0 bridgehead atoms. The Morgan fingerprint density at radius 1 is 1.16 bits per heavy atom. The highest BCUT2D eigenvalue weighted by Gasteiger charge is 2.43. The third kappa shape index (κ3) is 4.64. The van der Waals surface area contributed by atoms with E-state index in [1.165, 1.54) is 23.1 Å². The van der Waals surface area contributed by atoms with Gasteiger partial charge >= 0.3 is 0 Å². The molecule has 1 aliphatic rings. The number of fused-ring (bicyclic) bond motifs is 1. The predicted octanol–water partition coefficient (Wildman–Crippen LogP) is 2.15. The minimum absolute atomic E-state index is 0.0330. The van der Waals surface area contributed by atoms with Crippen molar-refractivity contribution in [1.29, 1.82) is 0 Å². The lowest BCUT2D eigenvalue weighted by atomic mass is 10.1. The highest BCUT2D eigenvalue weighted by atomic mass is 79.9. The fraction of sp³-hybridized carbons (Fsp3) is 0.286. The Morgan fingerprint density at radius 2 is 1.87 bits per heavy atom. The Balaban J connectivity index is 1.89. The van der Waals surface area contributed by atoms with Crippen molar-refractivity contribution in [2.75, 3.05) is 13.1 Å². The van der Waals surface area contributed by atoms with Gasteiger partial charge in [0.05, 0.1) is 5.56 Å². The van der Waals surface area contributed by atoms with Crippen molar-refractivity contribution in [3.05, 3.63) is 64.1 Å². The molecule has 0 spiro atoms. The quantitative estimate of drug-likeness (QED) is 0.618. The molecule has 1 unspecified atom stereocenters. The van der Waals surface area contributed by atoms with Crippen LogP contribution in [0.3, 0.4) is 0 Å². The van der Waals surface area contributed by atoms with Gasteiger partial charge in [-0.1, -0.05) is 40.2 Å². The summed E-state index contributed by atoms with van der Waals surface area (Å²) >= 11 is 3.38. The SMILES string of the molecule is CCNC(=O)C(C)N(Cc1cccc(Br)c1)C(=O)CN1C(=O)c2ccccc2S1(=O)=O. The summed E-state index contributed by atoms with van der Waals surface area (Å²) in [6.07, 6.45) is 0. The van der Waals surface area contributed by atoms with Crippen LogP contribution in [0.5, 0.6) is 0 Å². The van der Waals surface area contributed by atoms with Crippen LogP contribution in [-0.4, -0.2) is 54.5 Å². The molecule has 1 heterocycles. The smallest absolute Gasteiger partial charge is 0.269 e. The first-order valence-electron chi connectivity index (χ1n) is 9.64. The summed E-state index contributed by atoms with van der Waals surface area (Å²) in [6.45, 7) is 3.10. The number of nitrogens with zero attached hydrogens (tertiary/aromatic N) is 2. The number of carbonyl (C=O) groups is 3. The number of hydrogen-bond acceptors (Lipinski definition) is 5. The molecule has 0 aromatic heterocycles. The highest BCUT2D eigenvalue weighted by Crippen LogP contribution is 2.30. The molecular weight excluding hydrogens is 486 g/mol. The fourth-order valence-electron chi connectivity index (χ4n) is 3.34. The largest absolute Gasteiger partial charge is 0.355 e. The summed E-state index contributed by atoms with van der Waals surface area (Å²) < 4.78 is 27.0. The summed E-state index contributed by atoms with van der Waals surface area (Å²) in [7, 11) is -4.13. The van der Waals surface area contributed by atoms with E-state index in [-0.39, 0.29) is 22.9 Å². The molecule has 8 nitrogen and oxygen atoms in total. The summed E-state index contributed by atoms with van der Waals surface area (Å²) in [4.78, 5) is 39.5. The van der Waals surface area contributed by atoms with Gasteiger partial charge in [0, 0.05) is 17.6 Å². The highest BCUT2D eigenvalue weighted by molar-refractivity contribution is 9.10. The van der Waals surface area contributed by atoms with E-state index in [0.29, 0.717) is 10.8 Å². The minimum atomic E-state index is -4.13. The molecule has 0 radical (unpaired) electrons. The molecule has 10 heteroatoms. The van der Waals surface area contributed by atoms with Gasteiger partial charge in [-0.2, -0.15) is 0 Å². The summed E-state index contributed by atoms with van der Waals surface area (Å²) in [5.74, 6) is -1.77. The molecule has 0 aliphatic carbocycles. The molecule has 164 valence electrons. The lowest BCUT2D eigenvalue weighted by Gasteiger charge is -2.30. The van der Waals surface area contributed by atoms with E-state index < -0.39 is 34.4 Å². The average Bonchev–Trinajstić information content (AvgIpc) is 2.92. The molecule has 1 atom stereocenters. The van der Waals surface area contributed by atoms with Crippen LogP contribution in [0.2, 0.25) is 0 Å². The van der Waals surface area contributed by atoms with Gasteiger partial charge in [0.1, 0.15) is 17.5 Å². The first-order chi connectivity index (χ1) is 14.7. The molecule has 1 N–H and O–H groups in total. The molecule has 3 amide bonds. The Morgan fingerprint density at radius 3 is 2.52 bits per heavy atom. The summed E-state index contributed by atoms with van der Waals surface area (Å²) in [5.41, 5.74) is 0.781. The van der Waals surface area contributed by atoms with E-state index in [1.807, 2.05) is 6.07 Å². The van der Waals surface area contributed by atoms with Crippen LogP contribution < -0.4 is 5.32 Å². The monoisotopic (exact) mass is 507 g/mol. The second kappa shape index (κ2) is 9.19. The van der Waals surface area contributed by atoms with Gasteiger partial charge in [0.25, 0.3) is 15.9 Å². The lowest BCUT2D eigenvalue weighted by molar-refractivity contribution is -0.140. The Bertz CT molecular complexity index is 1140. The standard InChI is InChI=1S/C21H22BrN3O5S/c1-3-23-20(27)14(2)24(12-15-7-6-8-16(22)11-15)19(26)13-25-21(28)17-9-4-5-10-18(17)31(25,29)30/h4-11,14H,3,12-13H2,1-2H3,(H,23,27). The number of nitrogens with one attached hydrogen (secondary N) is 1. The second-order valence-electron chi connectivity index (χ2n) is 7.04. The zero-order chi connectivity index (χ0) is 22.8. The fourth-order valence-corrected chi connectivity index (χ4v) is 5.30. The van der Waals surface area contributed by atoms with E-state index in [4.69, 9.17) is 0 Å². The number of likely N-dealkylation sites (N-methyl/N-ethyl adjacent to an activating group) is 1. The minimum Gasteiger partial charge on any atom is -0.355 e. The van der Waals surface area contributed by atoms with Crippen molar-refractivity contribution in [3.63, 3.8) is 0 Å². The van der Waals surface area contributed by atoms with Crippen molar-refractivity contribution >= 4 is 43.7 Å². The van der Waals surface area contributed by atoms with Crippen LogP contribution in [-0.2, 0) is 26.2 Å². The van der Waals surface area contributed by atoms with Crippen LogP contribution >= 0.6 is 15.9 Å². The Hall–Kier alpha value is -2.72. The van der Waals surface area contributed by atoms with E-state index in [1.54, 1.807) is 38.1 Å². The molecule has 1 aliphatic heterocycles. The maximum atomic E-state index is 13.2. The molecular formula is C21H22BrN3O5S. The van der Waals surface area contributed by atoms with Crippen molar-refractivity contribution in [3.8, 4) is 0 Å². The Labute approximate surface area is 189 Å². The normalized spacial score (nSPS) is 15.3. The molecule has 2 aromatic rings. The second-order valence-corrected chi connectivity index (χ2v) is 9.78. The molecule has 3 rings (SSSR count). The zero-order valence-electron chi connectivity index (χ0n) is 17.0. The van der Waals surface area contributed by atoms with Gasteiger partial charge in [0.2, 0.25) is 11.8 Å². The average molecular weight is 508 g/mol. The van der Waals surface area contributed by atoms with Gasteiger partial charge in [-0.25, -0.2) is 12.7 Å². The van der Waals surface area contributed by atoms with Gasteiger partial charge in [0.15, 0.2) is 0 Å². The first kappa shape index (κ1) is 23.0. The molecule has 0 saturated carbocycles. The molecule has 0 saturated heterocycles. The third-order valence-corrected chi connectivity index (χ3v) is 7.23. The number of hydrogen-bond donors (Lipinski definition) is 1.